The number of azide groups is 1. The third-order valence-corrected chi connectivity index (χ3v) is 23.8. The zero-order valence-corrected chi connectivity index (χ0v) is 67.3. The van der Waals surface area contributed by atoms with E-state index in [1.165, 1.54) is 55.5 Å². The van der Waals surface area contributed by atoms with Crippen LogP contribution in [0.4, 0.5) is 11.4 Å². The lowest BCUT2D eigenvalue weighted by Gasteiger charge is -2.25. The molecule has 0 spiro atoms. The lowest BCUT2D eigenvalue weighted by Crippen LogP contribution is -2.34. The summed E-state index contributed by atoms with van der Waals surface area (Å²) in [5.41, 5.74) is 14.6. The van der Waals surface area contributed by atoms with Gasteiger partial charge < -0.3 is 62.5 Å². The van der Waals surface area contributed by atoms with Gasteiger partial charge in [0.1, 0.15) is 31.6 Å². The Morgan fingerprint density at radius 3 is 2.06 bits per heavy atom. The number of nitrogens with zero attached hydrogens (tertiary/aromatic N) is 6. The Morgan fingerprint density at radius 2 is 1.41 bits per heavy atom. The fraction of sp³-hybridized carbons (Fsp3) is 0.465. The topological polar surface area (TPSA) is 516 Å². The van der Waals surface area contributed by atoms with Crippen molar-refractivity contribution < 1.29 is 129 Å². The van der Waals surface area contributed by atoms with Crippen LogP contribution < -0.4 is 21.6 Å². The molecule has 42 heteroatoms. The summed E-state index contributed by atoms with van der Waals surface area (Å²) in [5.74, 6) is -2.53. The van der Waals surface area contributed by atoms with Crippen molar-refractivity contribution in [1.82, 2.24) is 15.0 Å². The molecule has 5 aromatic rings. The molecule has 616 valence electrons. The van der Waals surface area contributed by atoms with Crippen LogP contribution in [-0.4, -0.2) is 168 Å². The van der Waals surface area contributed by atoms with Crippen molar-refractivity contribution in [3.05, 3.63) is 197 Å². The van der Waals surface area contributed by atoms with Crippen LogP contribution in [0, 0.1) is 0 Å². The van der Waals surface area contributed by atoms with Crippen LogP contribution in [0.2, 0.25) is 0 Å². The number of esters is 2. The van der Waals surface area contributed by atoms with Crippen LogP contribution in [0.15, 0.2) is 146 Å². The Hall–Kier alpha value is -8.04. The molecule has 0 bridgehead atoms. The van der Waals surface area contributed by atoms with Crippen LogP contribution in [0.5, 0.6) is 0 Å². The van der Waals surface area contributed by atoms with Gasteiger partial charge in [-0.1, -0.05) is 88.3 Å². The lowest BCUT2D eigenvalue weighted by atomic mass is 9.81. The SMILES string of the molecule is CCN1/C(=C/C=C/C=C/C2=[N+](CCCCCC(=O)ONCCOCCOCCOCCOCc3ccc(C(=O)OCc4cn([C@H]5CC(OC(=O)c6ccccc6C(C)N=[N+]=[N-])[C@@H](COP(=O)(O)OP(=O)(O)OP(=O)(O)O)O5)c(=O)[nH]c4=O)c(C(C)C)c3)c3ccc(S(=O)(=O)O)cc3C2(C)C)C(C)(C)c2cc(S(=O)(=O)O)ccc21. The highest BCUT2D eigenvalue weighted by atomic mass is 32.2. The molecule has 3 aliphatic heterocycles. The van der Waals surface area contributed by atoms with Crippen molar-refractivity contribution in [3.63, 3.8) is 0 Å². The number of aromatic amines is 1. The summed E-state index contributed by atoms with van der Waals surface area (Å²) < 4.78 is 159. The first-order chi connectivity index (χ1) is 53.2. The molecule has 37 nitrogen and oxygen atoms in total. The molecular formula is C71H92N8O29P3S2+. The van der Waals surface area contributed by atoms with Gasteiger partial charge in [-0.3, -0.25) is 32.8 Å². The number of carbonyl (C=O) groups is 3. The van der Waals surface area contributed by atoms with E-state index < -0.39 is 128 Å². The van der Waals surface area contributed by atoms with Crippen molar-refractivity contribution in [3.8, 4) is 0 Å². The van der Waals surface area contributed by atoms with E-state index in [1.807, 2.05) is 78.8 Å². The molecule has 3 aliphatic rings. The van der Waals surface area contributed by atoms with Crippen molar-refractivity contribution >= 4 is 78.7 Å². The minimum atomic E-state index is -5.96. The summed E-state index contributed by atoms with van der Waals surface area (Å²) in [6.07, 6.45) is 7.54. The molecule has 0 amide bonds. The Kier molecular flexibility index (Phi) is 31.7. The molecule has 1 saturated heterocycles. The molecular weight excluding hydrogens is 1590 g/mol. The number of ether oxygens (including phenoxy) is 7. The zero-order chi connectivity index (χ0) is 82.9. The van der Waals surface area contributed by atoms with Gasteiger partial charge in [-0.15, -0.1) is 0 Å². The number of anilines is 1. The zero-order valence-electron chi connectivity index (χ0n) is 63.0. The van der Waals surface area contributed by atoms with Crippen LogP contribution in [0.3, 0.4) is 0 Å². The van der Waals surface area contributed by atoms with Gasteiger partial charge in [0, 0.05) is 71.4 Å². The number of unbranched alkanes of at least 4 members (excludes halogenated alkanes) is 2. The molecule has 4 unspecified atom stereocenters. The Balaban J connectivity index is 0.718. The van der Waals surface area contributed by atoms with E-state index in [4.69, 9.17) is 57.8 Å². The van der Waals surface area contributed by atoms with E-state index in [0.29, 0.717) is 37.9 Å². The molecule has 1 fully saturated rings. The summed E-state index contributed by atoms with van der Waals surface area (Å²) in [4.78, 5) is 116. The van der Waals surface area contributed by atoms with Crippen molar-refractivity contribution in [2.45, 2.75) is 152 Å². The average molecular weight is 1680 g/mol. The van der Waals surface area contributed by atoms with E-state index in [-0.39, 0.29) is 104 Å². The highest BCUT2D eigenvalue weighted by molar-refractivity contribution is 7.86. The van der Waals surface area contributed by atoms with E-state index in [9.17, 15) is 73.4 Å². The normalized spacial score (nSPS) is 18.5. The van der Waals surface area contributed by atoms with Gasteiger partial charge in [0.05, 0.1) is 104 Å². The highest BCUT2D eigenvalue weighted by Gasteiger charge is 2.47. The first kappa shape index (κ1) is 90.5. The molecule has 8 N–H and O–H groups in total. The summed E-state index contributed by atoms with van der Waals surface area (Å²) in [5, 5.41) is 3.61. The first-order valence-corrected chi connectivity index (χ1v) is 42.9. The van der Waals surface area contributed by atoms with Crippen molar-refractivity contribution in [2.75, 3.05) is 77.4 Å². The van der Waals surface area contributed by atoms with Crippen LogP contribution in [0.25, 0.3) is 10.4 Å². The molecule has 6 atom stereocenters. The standard InChI is InChI=1S/C71H91N8O29P3S2/c1-9-77-58-27-24-50(112(92,93)94)39-56(58)70(5,6)62(77)20-12-10-13-21-63-71(7,8)57-40-51(113(95,96)97)25-28-59(57)78(63)30-17-11-14-22-65(80)106-73-29-31-98-32-33-99-34-35-100-36-37-101-43-48-23-26-54(55(38-48)46(2)3)67(82)102-44-49-42-79(69(84)74-66(49)81)64-41-60(105-68(83)53-19-16-15-18-52(53)47(4)75-76-72)61(104-64)45-103-110(88,89)108-111(90,91)107-109(85,86)87/h10,12-13,15-16,18-21,23-28,38-40,42,46-47,60-61,64,73H,9,11,14,17,22,29-37,41,43-45H2,1-8H3,(H6-,74,81,84,85,86,87,88,89,90,91,92,93,94,95,96,97)/p+1/t47?,60?,61-,64-/m1/s1. The molecule has 4 aromatic carbocycles. The minimum Gasteiger partial charge on any atom is -0.457 e. The number of phosphoric ester groups is 1. The predicted molar refractivity (Wildman–Crippen MR) is 405 cm³/mol. The van der Waals surface area contributed by atoms with Gasteiger partial charge in [0.25, 0.3) is 25.8 Å². The van der Waals surface area contributed by atoms with Gasteiger partial charge in [-0.05, 0) is 116 Å². The second-order valence-corrected chi connectivity index (χ2v) is 34.6. The molecule has 113 heavy (non-hydrogen) atoms. The minimum absolute atomic E-state index is 0.0922. The van der Waals surface area contributed by atoms with E-state index in [2.05, 4.69) is 38.6 Å². The number of phosphoric acid groups is 3. The van der Waals surface area contributed by atoms with Crippen molar-refractivity contribution in [2.24, 2.45) is 5.11 Å². The fourth-order valence-corrected chi connectivity index (χ4v) is 16.9. The number of H-pyrrole nitrogens is 1. The summed E-state index contributed by atoms with van der Waals surface area (Å²) in [7, 11) is -26.4. The molecule has 0 radical (unpaired) electrons. The smallest absolute Gasteiger partial charge is 0.457 e. The number of aromatic nitrogens is 2. The number of nitrogens with one attached hydrogen (secondary N) is 2. The molecule has 1 aromatic heterocycles. The van der Waals surface area contributed by atoms with Crippen LogP contribution >= 0.6 is 23.5 Å². The van der Waals surface area contributed by atoms with Gasteiger partial charge in [-0.2, -0.15) is 35.5 Å². The number of hydrogen-bond donors (Lipinski definition) is 8. The van der Waals surface area contributed by atoms with Crippen LogP contribution in [0.1, 0.15) is 160 Å². The van der Waals surface area contributed by atoms with Gasteiger partial charge in [0.15, 0.2) is 5.71 Å². The maximum absolute atomic E-state index is 13.7. The van der Waals surface area contributed by atoms with Crippen LogP contribution in [-0.2, 0) is 114 Å². The Labute approximate surface area is 651 Å². The summed E-state index contributed by atoms with van der Waals surface area (Å²) >= 11 is 0. The second kappa shape index (κ2) is 39.5. The highest BCUT2D eigenvalue weighted by Crippen LogP contribution is 2.66. The van der Waals surface area contributed by atoms with Gasteiger partial charge in [-0.25, -0.2) is 28.1 Å². The van der Waals surface area contributed by atoms with E-state index in [0.717, 1.165) is 50.2 Å². The maximum Gasteiger partial charge on any atom is 0.490 e. The number of carbonyl (C=O) groups excluding carboxylic acids is 3. The number of likely N-dealkylation sites (N-methyl/N-ethyl adjacent to an activating group) is 1. The third kappa shape index (κ3) is 25.0. The largest absolute Gasteiger partial charge is 0.490 e. The van der Waals surface area contributed by atoms with E-state index in [1.54, 1.807) is 30.3 Å². The average Bonchev–Trinajstić information content (AvgIpc) is 1.59. The predicted octanol–water partition coefficient (Wildman–Crippen LogP) is 9.80. The Bertz CT molecular complexity index is 5000. The molecule has 8 rings (SSSR count). The number of allylic oxidation sites excluding steroid dienone is 6. The summed E-state index contributed by atoms with van der Waals surface area (Å²) in [6.45, 7) is 16.6. The van der Waals surface area contributed by atoms with Gasteiger partial charge >= 0.3 is 47.1 Å². The maximum atomic E-state index is 13.7. The molecule has 4 heterocycles. The Morgan fingerprint density at radius 1 is 0.761 bits per heavy atom. The number of fused-ring (bicyclic) bond motifs is 2. The number of hydrogen-bond acceptors (Lipinski definition) is 26. The number of benzene rings is 4. The van der Waals surface area contributed by atoms with Gasteiger partial charge in [0.2, 0.25) is 5.69 Å². The fourth-order valence-electron chi connectivity index (χ4n) is 12.9. The monoisotopic (exact) mass is 1680 g/mol. The summed E-state index contributed by atoms with van der Waals surface area (Å²) in [6, 6.07) is 19.0. The number of rotatable bonds is 43. The quantitative estimate of drug-likeness (QED) is 0.00154. The second-order valence-electron chi connectivity index (χ2n) is 27.3. The van der Waals surface area contributed by atoms with E-state index >= 15 is 0 Å². The molecule has 0 aliphatic carbocycles. The first-order valence-electron chi connectivity index (χ1n) is 35.5. The van der Waals surface area contributed by atoms with Crippen molar-refractivity contribution in [1.29, 1.82) is 0 Å². The lowest BCUT2D eigenvalue weighted by molar-refractivity contribution is -0.438. The third-order valence-electron chi connectivity index (χ3n) is 18.3. The molecule has 0 saturated carbocycles. The number of hydroxylamine groups is 1.